The van der Waals surface area contributed by atoms with Gasteiger partial charge >= 0.3 is 0 Å². The van der Waals surface area contributed by atoms with Crippen molar-refractivity contribution >= 4 is 56.0 Å². The minimum absolute atomic E-state index is 0.0103. The van der Waals surface area contributed by atoms with Crippen LogP contribution in [0.25, 0.3) is 11.0 Å². The molecule has 0 aliphatic carbocycles. The van der Waals surface area contributed by atoms with E-state index in [4.69, 9.17) is 11.6 Å². The largest absolute Gasteiger partial charge is 0.545 e. The minimum Gasteiger partial charge on any atom is -0.545 e. The molecule has 0 spiro atoms. The van der Waals surface area contributed by atoms with E-state index in [9.17, 15) is 18.3 Å². The van der Waals surface area contributed by atoms with Crippen molar-refractivity contribution in [2.45, 2.75) is 4.90 Å². The SMILES string of the molecule is O=C([O-])c1ccc(Nc2nc3ccccc3nc2NS(=O)(=O)c2ccc(Cl)cc2)cc1. The summed E-state index contributed by atoms with van der Waals surface area (Å²) in [5.74, 6) is -1.16. The molecule has 1 aromatic heterocycles. The highest BCUT2D eigenvalue weighted by atomic mass is 35.5. The first-order valence-electron chi connectivity index (χ1n) is 8.95. The molecule has 0 amide bonds. The van der Waals surface area contributed by atoms with Crippen LogP contribution in [0.4, 0.5) is 17.3 Å². The van der Waals surface area contributed by atoms with Gasteiger partial charge in [0.05, 0.1) is 21.9 Å². The molecule has 156 valence electrons. The summed E-state index contributed by atoms with van der Waals surface area (Å²) in [4.78, 5) is 19.8. The molecule has 0 unspecified atom stereocenters. The molecule has 2 N–H and O–H groups in total. The van der Waals surface area contributed by atoms with Gasteiger partial charge in [-0.3, -0.25) is 4.72 Å². The number of nitrogens with zero attached hydrogens (tertiary/aromatic N) is 2. The van der Waals surface area contributed by atoms with Gasteiger partial charge in [0.2, 0.25) is 0 Å². The number of nitrogens with one attached hydrogen (secondary N) is 2. The molecule has 3 aromatic carbocycles. The summed E-state index contributed by atoms with van der Waals surface area (Å²) in [5, 5.41) is 14.3. The van der Waals surface area contributed by atoms with Gasteiger partial charge in [-0.25, -0.2) is 18.4 Å². The van der Waals surface area contributed by atoms with Crippen LogP contribution in [0, 0.1) is 0 Å². The maximum Gasteiger partial charge on any atom is 0.263 e. The summed E-state index contributed by atoms with van der Waals surface area (Å²) in [7, 11) is -3.97. The monoisotopic (exact) mass is 453 g/mol. The summed E-state index contributed by atoms with van der Waals surface area (Å²) in [6.07, 6.45) is 0. The van der Waals surface area contributed by atoms with Crippen LogP contribution in [-0.2, 0) is 10.0 Å². The van der Waals surface area contributed by atoms with Gasteiger partial charge in [0, 0.05) is 10.7 Å². The molecule has 0 radical (unpaired) electrons. The lowest BCUT2D eigenvalue weighted by Crippen LogP contribution is -2.21. The van der Waals surface area contributed by atoms with Crippen molar-refractivity contribution in [3.63, 3.8) is 0 Å². The Morgan fingerprint density at radius 3 is 2.00 bits per heavy atom. The van der Waals surface area contributed by atoms with E-state index in [1.54, 1.807) is 24.3 Å². The van der Waals surface area contributed by atoms with Crippen molar-refractivity contribution in [1.29, 1.82) is 0 Å². The second-order valence-electron chi connectivity index (χ2n) is 6.46. The number of aromatic carboxylic acids is 1. The Bertz CT molecular complexity index is 1380. The zero-order chi connectivity index (χ0) is 22.0. The molecule has 0 bridgehead atoms. The van der Waals surface area contributed by atoms with Crippen LogP contribution in [0.5, 0.6) is 0 Å². The molecular weight excluding hydrogens is 440 g/mol. The van der Waals surface area contributed by atoms with E-state index in [2.05, 4.69) is 20.0 Å². The Kier molecular flexibility index (Phi) is 5.45. The molecule has 8 nitrogen and oxygen atoms in total. The van der Waals surface area contributed by atoms with Crippen molar-refractivity contribution in [3.05, 3.63) is 83.4 Å². The maximum absolute atomic E-state index is 12.9. The molecule has 10 heteroatoms. The van der Waals surface area contributed by atoms with E-state index in [1.807, 2.05) is 0 Å². The summed E-state index contributed by atoms with van der Waals surface area (Å²) in [6, 6.07) is 18.5. The lowest BCUT2D eigenvalue weighted by Gasteiger charge is -2.14. The number of hydrogen-bond acceptors (Lipinski definition) is 7. The number of anilines is 3. The lowest BCUT2D eigenvalue weighted by molar-refractivity contribution is -0.255. The number of benzene rings is 3. The molecule has 31 heavy (non-hydrogen) atoms. The predicted molar refractivity (Wildman–Crippen MR) is 116 cm³/mol. The quantitative estimate of drug-likeness (QED) is 0.459. The number of para-hydroxylation sites is 2. The topological polar surface area (TPSA) is 124 Å². The molecule has 0 aliphatic rings. The third-order valence-electron chi connectivity index (χ3n) is 4.31. The summed E-state index contributed by atoms with van der Waals surface area (Å²) >= 11 is 5.85. The van der Waals surface area contributed by atoms with Gasteiger partial charge in [-0.2, -0.15) is 0 Å². The van der Waals surface area contributed by atoms with Gasteiger partial charge < -0.3 is 15.2 Å². The molecular formula is C21H14ClN4O4S-. The number of rotatable bonds is 6. The zero-order valence-electron chi connectivity index (χ0n) is 15.7. The smallest absolute Gasteiger partial charge is 0.263 e. The first-order valence-corrected chi connectivity index (χ1v) is 10.8. The lowest BCUT2D eigenvalue weighted by atomic mass is 10.2. The van der Waals surface area contributed by atoms with Gasteiger partial charge in [-0.1, -0.05) is 35.9 Å². The number of sulfonamides is 1. The van der Waals surface area contributed by atoms with Crippen LogP contribution >= 0.6 is 11.6 Å². The highest BCUT2D eigenvalue weighted by Gasteiger charge is 2.19. The molecule has 0 fully saturated rings. The van der Waals surface area contributed by atoms with Crippen LogP contribution < -0.4 is 15.1 Å². The highest BCUT2D eigenvalue weighted by Crippen LogP contribution is 2.27. The van der Waals surface area contributed by atoms with Crippen molar-refractivity contribution < 1.29 is 18.3 Å². The van der Waals surface area contributed by atoms with Crippen LogP contribution in [0.15, 0.2) is 77.7 Å². The summed E-state index contributed by atoms with van der Waals surface area (Å²) in [5.41, 5.74) is 1.54. The molecule has 4 aromatic rings. The number of aromatic nitrogens is 2. The van der Waals surface area contributed by atoms with Crippen LogP contribution in [0.2, 0.25) is 5.02 Å². The Balaban J connectivity index is 1.74. The number of halogens is 1. The number of carboxylic acids is 1. The summed E-state index contributed by atoms with van der Waals surface area (Å²) < 4.78 is 28.2. The minimum atomic E-state index is -3.97. The van der Waals surface area contributed by atoms with E-state index in [0.29, 0.717) is 21.7 Å². The maximum atomic E-state index is 12.9. The molecule has 0 saturated heterocycles. The van der Waals surface area contributed by atoms with Gasteiger partial charge in [-0.05, 0) is 54.1 Å². The Morgan fingerprint density at radius 2 is 1.42 bits per heavy atom. The first kappa shape index (κ1) is 20.6. The van der Waals surface area contributed by atoms with Crippen molar-refractivity contribution in [2.75, 3.05) is 10.0 Å². The van der Waals surface area contributed by atoms with Crippen molar-refractivity contribution in [3.8, 4) is 0 Å². The molecule has 0 atom stereocenters. The number of carbonyl (C=O) groups is 1. The van der Waals surface area contributed by atoms with Gasteiger partial charge in [-0.15, -0.1) is 0 Å². The van der Waals surface area contributed by atoms with E-state index >= 15 is 0 Å². The highest BCUT2D eigenvalue weighted by molar-refractivity contribution is 7.92. The number of fused-ring (bicyclic) bond motifs is 1. The Labute approximate surface area is 182 Å². The van der Waals surface area contributed by atoms with E-state index in [-0.39, 0.29) is 22.1 Å². The predicted octanol–water partition coefficient (Wildman–Crippen LogP) is 3.19. The standard InChI is InChI=1S/C21H15ClN4O4S/c22-14-7-11-16(12-8-14)31(29,30)26-20-19(24-17-3-1-2-4-18(17)25-20)23-15-9-5-13(6-10-15)21(27)28/h1-12H,(H,23,24)(H,25,26)(H,27,28)/p-1. The van der Waals surface area contributed by atoms with E-state index < -0.39 is 16.0 Å². The average molecular weight is 454 g/mol. The van der Waals surface area contributed by atoms with E-state index in [0.717, 1.165) is 0 Å². The third kappa shape index (κ3) is 4.57. The van der Waals surface area contributed by atoms with Crippen LogP contribution in [-0.4, -0.2) is 24.4 Å². The van der Waals surface area contributed by atoms with E-state index in [1.165, 1.54) is 48.5 Å². The van der Waals surface area contributed by atoms with Crippen molar-refractivity contribution in [2.24, 2.45) is 0 Å². The molecule has 4 rings (SSSR count). The Hall–Kier alpha value is -3.69. The van der Waals surface area contributed by atoms with Crippen molar-refractivity contribution in [1.82, 2.24) is 9.97 Å². The Morgan fingerprint density at radius 1 is 0.839 bits per heavy atom. The second-order valence-corrected chi connectivity index (χ2v) is 8.58. The number of hydrogen-bond donors (Lipinski definition) is 2. The fourth-order valence-electron chi connectivity index (χ4n) is 2.78. The molecule has 0 saturated carbocycles. The van der Waals surface area contributed by atoms with Gasteiger partial charge in [0.1, 0.15) is 0 Å². The zero-order valence-corrected chi connectivity index (χ0v) is 17.3. The normalized spacial score (nSPS) is 11.3. The van der Waals surface area contributed by atoms with Crippen LogP contribution in [0.3, 0.4) is 0 Å². The van der Waals surface area contributed by atoms with Gasteiger partial charge in [0.25, 0.3) is 10.0 Å². The molecule has 0 aliphatic heterocycles. The third-order valence-corrected chi connectivity index (χ3v) is 5.92. The number of carbonyl (C=O) groups excluding carboxylic acids is 1. The fourth-order valence-corrected chi connectivity index (χ4v) is 3.92. The first-order chi connectivity index (χ1) is 14.8. The average Bonchev–Trinajstić information content (AvgIpc) is 2.74. The summed E-state index contributed by atoms with van der Waals surface area (Å²) in [6.45, 7) is 0. The fraction of sp³-hybridized carbons (Fsp3) is 0. The number of carboxylic acid groups (broad SMARTS) is 1. The van der Waals surface area contributed by atoms with Gasteiger partial charge in [0.15, 0.2) is 11.6 Å². The second kappa shape index (κ2) is 8.21. The van der Waals surface area contributed by atoms with Crippen LogP contribution in [0.1, 0.15) is 10.4 Å². The molecule has 1 heterocycles.